The van der Waals surface area contributed by atoms with Gasteiger partial charge in [-0.3, -0.25) is 9.78 Å². The van der Waals surface area contributed by atoms with Gasteiger partial charge in [-0.25, -0.2) is 4.98 Å². The number of aromatic nitrogens is 2. The Labute approximate surface area is 170 Å². The molecule has 2 aliphatic rings. The molecule has 0 radical (unpaired) electrons. The molecule has 9 nitrogen and oxygen atoms in total. The predicted octanol–water partition coefficient (Wildman–Crippen LogP) is 1.68. The van der Waals surface area contributed by atoms with Gasteiger partial charge in [0.05, 0.1) is 23.8 Å². The third-order valence-electron chi connectivity index (χ3n) is 5.23. The number of piperidine rings is 1. The SMILES string of the molecule is COCCCc1cnc(/C(C=N)=C2/NCCCO2)c(N2CCC(C(=O)O)CC2)n1. The highest BCUT2D eigenvalue weighted by molar-refractivity contribution is 6.10. The highest BCUT2D eigenvalue weighted by Crippen LogP contribution is 2.29. The summed E-state index contributed by atoms with van der Waals surface area (Å²) in [6, 6.07) is 0. The summed E-state index contributed by atoms with van der Waals surface area (Å²) in [5, 5.41) is 20.4. The summed E-state index contributed by atoms with van der Waals surface area (Å²) < 4.78 is 10.8. The summed E-state index contributed by atoms with van der Waals surface area (Å²) in [6.45, 7) is 3.22. The molecule has 2 fully saturated rings. The van der Waals surface area contributed by atoms with E-state index in [-0.39, 0.29) is 5.92 Å². The van der Waals surface area contributed by atoms with E-state index in [9.17, 15) is 9.90 Å². The number of methoxy groups -OCH3 is 1. The molecule has 2 saturated heterocycles. The summed E-state index contributed by atoms with van der Waals surface area (Å²) in [4.78, 5) is 22.9. The molecule has 0 unspecified atom stereocenters. The topological polar surface area (TPSA) is 121 Å². The van der Waals surface area contributed by atoms with Crippen molar-refractivity contribution in [1.29, 1.82) is 5.41 Å². The van der Waals surface area contributed by atoms with E-state index in [0.717, 1.165) is 31.5 Å². The van der Waals surface area contributed by atoms with Gasteiger partial charge in [0.15, 0.2) is 11.7 Å². The molecule has 0 amide bonds. The van der Waals surface area contributed by atoms with Crippen molar-refractivity contribution < 1.29 is 19.4 Å². The van der Waals surface area contributed by atoms with Crippen LogP contribution < -0.4 is 10.2 Å². The minimum Gasteiger partial charge on any atom is -0.481 e. The molecule has 2 aliphatic heterocycles. The van der Waals surface area contributed by atoms with Crippen LogP contribution >= 0.6 is 0 Å². The predicted molar refractivity (Wildman–Crippen MR) is 109 cm³/mol. The summed E-state index contributed by atoms with van der Waals surface area (Å²) >= 11 is 0. The second kappa shape index (κ2) is 10.2. The fraction of sp³-hybridized carbons (Fsp3) is 0.600. The molecule has 3 rings (SSSR count). The lowest BCUT2D eigenvalue weighted by Gasteiger charge is -2.32. The number of ether oxygens (including phenoxy) is 2. The van der Waals surface area contributed by atoms with Crippen LogP contribution in [0.4, 0.5) is 5.82 Å². The second-order valence-electron chi connectivity index (χ2n) is 7.25. The van der Waals surface area contributed by atoms with Crippen molar-refractivity contribution in [1.82, 2.24) is 15.3 Å². The van der Waals surface area contributed by atoms with Crippen molar-refractivity contribution in [3.8, 4) is 0 Å². The molecule has 0 bridgehead atoms. The summed E-state index contributed by atoms with van der Waals surface area (Å²) in [5.41, 5.74) is 2.01. The molecule has 0 aromatic carbocycles. The lowest BCUT2D eigenvalue weighted by Crippen LogP contribution is -2.37. The monoisotopic (exact) mass is 403 g/mol. The minimum absolute atomic E-state index is 0.323. The van der Waals surface area contributed by atoms with Crippen LogP contribution in [0.5, 0.6) is 0 Å². The van der Waals surface area contributed by atoms with Gasteiger partial charge < -0.3 is 30.2 Å². The molecule has 29 heavy (non-hydrogen) atoms. The number of allylic oxidation sites excluding steroid dienone is 1. The molecular formula is C20H29N5O4. The first-order valence-corrected chi connectivity index (χ1v) is 10.1. The first kappa shape index (κ1) is 21.0. The molecule has 0 saturated carbocycles. The molecule has 158 valence electrons. The van der Waals surface area contributed by atoms with Crippen molar-refractivity contribution in [2.45, 2.75) is 32.1 Å². The Morgan fingerprint density at radius 2 is 2.28 bits per heavy atom. The number of nitrogens with zero attached hydrogens (tertiary/aromatic N) is 3. The standard InChI is InChI=1S/C20H29N5O4/c1-28-10-2-4-15-13-23-17(16(12-21)19-22-7-3-11-29-19)18(24-15)25-8-5-14(6-9-25)20(26)27/h12-14,21-22H,2-11H2,1H3,(H,26,27)/b19-16-,21-12?. The van der Waals surface area contributed by atoms with Crippen LogP contribution in [0.1, 0.15) is 37.1 Å². The van der Waals surface area contributed by atoms with Crippen LogP contribution in [-0.4, -0.2) is 67.2 Å². The molecule has 3 heterocycles. The van der Waals surface area contributed by atoms with E-state index in [2.05, 4.69) is 15.2 Å². The highest BCUT2D eigenvalue weighted by atomic mass is 16.5. The van der Waals surface area contributed by atoms with Crippen LogP contribution in [0.25, 0.3) is 5.57 Å². The van der Waals surface area contributed by atoms with Crippen molar-refractivity contribution in [3.05, 3.63) is 23.5 Å². The number of carboxylic acid groups (broad SMARTS) is 1. The van der Waals surface area contributed by atoms with Gasteiger partial charge in [-0.05, 0) is 32.1 Å². The van der Waals surface area contributed by atoms with E-state index in [4.69, 9.17) is 19.9 Å². The van der Waals surface area contributed by atoms with Crippen LogP contribution in [0.2, 0.25) is 0 Å². The minimum atomic E-state index is -0.744. The molecule has 0 atom stereocenters. The first-order valence-electron chi connectivity index (χ1n) is 10.1. The van der Waals surface area contributed by atoms with Gasteiger partial charge in [0.25, 0.3) is 0 Å². The zero-order chi connectivity index (χ0) is 20.6. The van der Waals surface area contributed by atoms with E-state index >= 15 is 0 Å². The van der Waals surface area contributed by atoms with Crippen molar-refractivity contribution in [3.63, 3.8) is 0 Å². The van der Waals surface area contributed by atoms with Crippen LogP contribution in [0.15, 0.2) is 12.1 Å². The second-order valence-corrected chi connectivity index (χ2v) is 7.25. The van der Waals surface area contributed by atoms with Crippen LogP contribution in [0, 0.1) is 11.3 Å². The van der Waals surface area contributed by atoms with Gasteiger partial charge in [-0.15, -0.1) is 0 Å². The fourth-order valence-electron chi connectivity index (χ4n) is 3.60. The third kappa shape index (κ3) is 5.23. The van der Waals surface area contributed by atoms with Crippen LogP contribution in [-0.2, 0) is 20.7 Å². The number of carbonyl (C=O) groups is 1. The number of carboxylic acids is 1. The Balaban J connectivity index is 1.92. The van der Waals surface area contributed by atoms with Gasteiger partial charge in [-0.1, -0.05) is 0 Å². The number of hydrogen-bond donors (Lipinski definition) is 3. The molecule has 0 spiro atoms. The number of anilines is 1. The Morgan fingerprint density at radius 3 is 2.90 bits per heavy atom. The summed E-state index contributed by atoms with van der Waals surface area (Å²) in [7, 11) is 1.67. The van der Waals surface area contributed by atoms with E-state index in [1.807, 2.05) is 0 Å². The third-order valence-corrected chi connectivity index (χ3v) is 5.23. The van der Waals surface area contributed by atoms with Gasteiger partial charge in [-0.2, -0.15) is 0 Å². The lowest BCUT2D eigenvalue weighted by molar-refractivity contribution is -0.142. The van der Waals surface area contributed by atoms with E-state index in [0.29, 0.717) is 62.1 Å². The largest absolute Gasteiger partial charge is 0.481 e. The number of hydrogen-bond acceptors (Lipinski definition) is 8. The zero-order valence-electron chi connectivity index (χ0n) is 16.8. The fourth-order valence-corrected chi connectivity index (χ4v) is 3.60. The van der Waals surface area contributed by atoms with E-state index in [1.165, 1.54) is 6.21 Å². The number of nitrogens with one attached hydrogen (secondary N) is 2. The maximum Gasteiger partial charge on any atom is 0.306 e. The summed E-state index contributed by atoms with van der Waals surface area (Å²) in [6.07, 6.45) is 6.61. The Bertz CT molecular complexity index is 751. The number of rotatable bonds is 8. The summed E-state index contributed by atoms with van der Waals surface area (Å²) in [5.74, 6) is 0.169. The maximum atomic E-state index is 11.3. The Kier molecular flexibility index (Phi) is 7.40. The Morgan fingerprint density at radius 1 is 1.48 bits per heavy atom. The average Bonchev–Trinajstić information content (AvgIpc) is 2.76. The number of aryl methyl sites for hydroxylation is 1. The lowest BCUT2D eigenvalue weighted by atomic mass is 9.97. The molecule has 3 N–H and O–H groups in total. The van der Waals surface area contributed by atoms with Gasteiger partial charge in [0.1, 0.15) is 5.69 Å². The van der Waals surface area contributed by atoms with Crippen molar-refractivity contribution >= 4 is 23.6 Å². The molecule has 0 aliphatic carbocycles. The average molecular weight is 403 g/mol. The van der Waals surface area contributed by atoms with Crippen LogP contribution in [0.3, 0.4) is 0 Å². The Hall–Kier alpha value is -2.68. The zero-order valence-corrected chi connectivity index (χ0v) is 16.8. The highest BCUT2D eigenvalue weighted by Gasteiger charge is 2.28. The molecular weight excluding hydrogens is 374 g/mol. The molecule has 9 heteroatoms. The van der Waals surface area contributed by atoms with Gasteiger partial charge >= 0.3 is 5.97 Å². The van der Waals surface area contributed by atoms with Crippen molar-refractivity contribution in [2.75, 3.05) is 44.9 Å². The van der Waals surface area contributed by atoms with E-state index in [1.54, 1.807) is 13.3 Å². The maximum absolute atomic E-state index is 11.3. The molecule has 1 aromatic rings. The molecule has 1 aromatic heterocycles. The normalized spacial score (nSPS) is 19.3. The van der Waals surface area contributed by atoms with Gasteiger partial charge in [0, 0.05) is 45.8 Å². The van der Waals surface area contributed by atoms with Crippen molar-refractivity contribution in [2.24, 2.45) is 5.92 Å². The quantitative estimate of drug-likeness (QED) is 0.443. The number of aliphatic carboxylic acids is 1. The smallest absolute Gasteiger partial charge is 0.306 e. The van der Waals surface area contributed by atoms with E-state index < -0.39 is 5.97 Å². The van der Waals surface area contributed by atoms with Gasteiger partial charge in [0.2, 0.25) is 0 Å². The first-order chi connectivity index (χ1) is 14.1.